The number of hydrogen-bond donors (Lipinski definition) is 0. The maximum atomic E-state index is 5.16. The summed E-state index contributed by atoms with van der Waals surface area (Å²) in [6.45, 7) is 4.64. The van der Waals surface area contributed by atoms with Crippen molar-refractivity contribution in [2.75, 3.05) is 0 Å². The molecular weight excluding hydrogens is 414 g/mol. The molecule has 1 aliphatic rings. The van der Waals surface area contributed by atoms with Crippen LogP contribution in [0.1, 0.15) is 25.0 Å². The predicted molar refractivity (Wildman–Crippen MR) is 139 cm³/mol. The van der Waals surface area contributed by atoms with Gasteiger partial charge in [-0.15, -0.1) is 0 Å². The molecule has 7 rings (SSSR count). The highest BCUT2D eigenvalue weighted by atomic mass is 15.0. The second-order valence-corrected chi connectivity index (χ2v) is 9.57. The molecule has 0 bridgehead atoms. The summed E-state index contributed by atoms with van der Waals surface area (Å²) in [7, 11) is 0. The van der Waals surface area contributed by atoms with Crippen LogP contribution in [0.15, 0.2) is 103 Å². The molecule has 0 amide bonds. The first-order valence-corrected chi connectivity index (χ1v) is 11.7. The zero-order valence-corrected chi connectivity index (χ0v) is 19.2. The Morgan fingerprint density at radius 1 is 0.706 bits per heavy atom. The van der Waals surface area contributed by atoms with E-state index < -0.39 is 0 Å². The van der Waals surface area contributed by atoms with Gasteiger partial charge in [0.1, 0.15) is 5.65 Å². The van der Waals surface area contributed by atoms with Gasteiger partial charge in [0, 0.05) is 34.3 Å². The molecule has 0 saturated carbocycles. The lowest BCUT2D eigenvalue weighted by molar-refractivity contribution is 0.662. The Bertz CT molecular complexity index is 1690. The molecule has 0 unspecified atom stereocenters. The minimum absolute atomic E-state index is 0.126. The van der Waals surface area contributed by atoms with Gasteiger partial charge >= 0.3 is 0 Å². The van der Waals surface area contributed by atoms with Crippen molar-refractivity contribution in [3.05, 3.63) is 115 Å². The molecule has 0 N–H and O–H groups in total. The molecule has 3 aromatic heterocycles. The minimum atomic E-state index is -0.126. The molecule has 3 heteroatoms. The van der Waals surface area contributed by atoms with Crippen LogP contribution in [0.2, 0.25) is 0 Å². The monoisotopic (exact) mass is 437 g/mol. The number of aromatic nitrogens is 3. The van der Waals surface area contributed by atoms with Gasteiger partial charge in [0.15, 0.2) is 0 Å². The van der Waals surface area contributed by atoms with E-state index in [1.807, 2.05) is 24.4 Å². The number of nitrogens with zero attached hydrogens (tertiary/aromatic N) is 3. The van der Waals surface area contributed by atoms with Crippen molar-refractivity contribution in [1.29, 1.82) is 0 Å². The second kappa shape index (κ2) is 6.88. The topological polar surface area (TPSA) is 30.2 Å². The van der Waals surface area contributed by atoms with E-state index in [-0.39, 0.29) is 5.41 Å². The summed E-state index contributed by atoms with van der Waals surface area (Å²) >= 11 is 0. The normalized spacial score (nSPS) is 13.8. The van der Waals surface area contributed by atoms with Crippen LogP contribution >= 0.6 is 0 Å². The lowest BCUT2D eigenvalue weighted by Gasteiger charge is -2.25. The third-order valence-electron chi connectivity index (χ3n) is 7.21. The van der Waals surface area contributed by atoms with Crippen LogP contribution < -0.4 is 0 Å². The molecule has 0 atom stereocenters. The lowest BCUT2D eigenvalue weighted by atomic mass is 9.78. The third kappa shape index (κ3) is 2.64. The van der Waals surface area contributed by atoms with Gasteiger partial charge in [-0.2, -0.15) is 0 Å². The van der Waals surface area contributed by atoms with Crippen molar-refractivity contribution < 1.29 is 0 Å². The van der Waals surface area contributed by atoms with E-state index in [9.17, 15) is 0 Å². The van der Waals surface area contributed by atoms with Crippen molar-refractivity contribution >= 4 is 16.6 Å². The van der Waals surface area contributed by atoms with Gasteiger partial charge in [0.2, 0.25) is 0 Å². The molecule has 0 spiro atoms. The van der Waals surface area contributed by atoms with Crippen LogP contribution in [-0.2, 0) is 5.41 Å². The maximum absolute atomic E-state index is 5.16. The average molecular weight is 438 g/mol. The molecule has 0 fully saturated rings. The number of para-hydroxylation sites is 1. The molecule has 3 heterocycles. The Morgan fingerprint density at radius 3 is 2.29 bits per heavy atom. The Hall–Kier alpha value is -4.24. The first kappa shape index (κ1) is 19.2. The molecular formula is C31H23N3. The predicted octanol–water partition coefficient (Wildman–Crippen LogP) is 7.52. The van der Waals surface area contributed by atoms with Crippen molar-refractivity contribution in [2.45, 2.75) is 19.3 Å². The van der Waals surface area contributed by atoms with Crippen LogP contribution in [0.25, 0.3) is 50.2 Å². The molecule has 1 aliphatic carbocycles. The fourth-order valence-corrected chi connectivity index (χ4v) is 5.57. The van der Waals surface area contributed by atoms with E-state index >= 15 is 0 Å². The molecule has 3 aromatic carbocycles. The van der Waals surface area contributed by atoms with Crippen LogP contribution in [-0.4, -0.2) is 14.4 Å². The van der Waals surface area contributed by atoms with E-state index in [1.54, 1.807) is 0 Å². The quantitative estimate of drug-likeness (QED) is 0.280. The number of benzene rings is 3. The number of rotatable bonds is 2. The summed E-state index contributed by atoms with van der Waals surface area (Å²) in [5.41, 5.74) is 11.5. The summed E-state index contributed by atoms with van der Waals surface area (Å²) in [6.07, 6.45) is 4.12. The summed E-state index contributed by atoms with van der Waals surface area (Å²) in [5.74, 6) is 0. The standard InChI is InChI=1S/C31H23N3/c1-31(2)24-11-5-3-9-22(24)30-29(31)28(23-10-4-6-12-25(23)33-30)21-16-14-20(15-17-21)26-19-34-18-8-7-13-27(34)32-26/h3-19H,1-2H3. The highest BCUT2D eigenvalue weighted by Crippen LogP contribution is 2.53. The Balaban J connectivity index is 1.45. The first-order chi connectivity index (χ1) is 16.6. The van der Waals surface area contributed by atoms with Gasteiger partial charge in [-0.1, -0.05) is 86.6 Å². The van der Waals surface area contributed by atoms with Crippen molar-refractivity contribution in [3.63, 3.8) is 0 Å². The molecule has 0 saturated heterocycles. The summed E-state index contributed by atoms with van der Waals surface area (Å²) < 4.78 is 2.06. The Labute approximate surface area is 198 Å². The summed E-state index contributed by atoms with van der Waals surface area (Å²) in [4.78, 5) is 9.95. The van der Waals surface area contributed by atoms with E-state index in [0.717, 1.165) is 28.1 Å². The molecule has 6 aromatic rings. The van der Waals surface area contributed by atoms with E-state index in [0.29, 0.717) is 0 Å². The molecule has 162 valence electrons. The molecule has 3 nitrogen and oxygen atoms in total. The smallest absolute Gasteiger partial charge is 0.137 e. The van der Waals surface area contributed by atoms with E-state index in [4.69, 9.17) is 9.97 Å². The van der Waals surface area contributed by atoms with Crippen LogP contribution in [0.5, 0.6) is 0 Å². The zero-order valence-electron chi connectivity index (χ0n) is 19.2. The van der Waals surface area contributed by atoms with Gasteiger partial charge in [0.25, 0.3) is 0 Å². The number of pyridine rings is 2. The summed E-state index contributed by atoms with van der Waals surface area (Å²) in [5, 5.41) is 1.20. The van der Waals surface area contributed by atoms with Gasteiger partial charge in [-0.3, -0.25) is 0 Å². The highest BCUT2D eigenvalue weighted by Gasteiger charge is 2.39. The van der Waals surface area contributed by atoms with Crippen molar-refractivity contribution in [2.24, 2.45) is 0 Å². The van der Waals surface area contributed by atoms with Crippen molar-refractivity contribution in [3.8, 4) is 33.6 Å². The second-order valence-electron chi connectivity index (χ2n) is 9.57. The Morgan fingerprint density at radius 2 is 1.44 bits per heavy atom. The Kier molecular flexibility index (Phi) is 3.89. The zero-order chi connectivity index (χ0) is 22.9. The van der Waals surface area contributed by atoms with E-state index in [2.05, 4.69) is 97.2 Å². The van der Waals surface area contributed by atoms with Gasteiger partial charge in [-0.05, 0) is 40.5 Å². The SMILES string of the molecule is CC1(C)c2ccccc2-c2nc3ccccc3c(-c3ccc(-c4cn5ccccc5n4)cc3)c21. The largest absolute Gasteiger partial charge is 0.306 e. The fraction of sp³-hybridized carbons (Fsp3) is 0.0968. The van der Waals surface area contributed by atoms with Crippen molar-refractivity contribution in [1.82, 2.24) is 14.4 Å². The molecule has 0 aliphatic heterocycles. The molecule has 34 heavy (non-hydrogen) atoms. The number of fused-ring (bicyclic) bond motifs is 5. The lowest BCUT2D eigenvalue weighted by Crippen LogP contribution is -2.16. The van der Waals surface area contributed by atoms with Crippen LogP contribution in [0, 0.1) is 0 Å². The number of imidazole rings is 1. The third-order valence-corrected chi connectivity index (χ3v) is 7.21. The first-order valence-electron chi connectivity index (χ1n) is 11.7. The maximum Gasteiger partial charge on any atom is 0.137 e. The van der Waals surface area contributed by atoms with Gasteiger partial charge in [-0.25, -0.2) is 9.97 Å². The van der Waals surface area contributed by atoms with Gasteiger partial charge < -0.3 is 4.40 Å². The fourth-order valence-electron chi connectivity index (χ4n) is 5.57. The minimum Gasteiger partial charge on any atom is -0.306 e. The van der Waals surface area contributed by atoms with Gasteiger partial charge in [0.05, 0.1) is 16.9 Å². The van der Waals surface area contributed by atoms with Crippen LogP contribution in [0.3, 0.4) is 0 Å². The van der Waals surface area contributed by atoms with E-state index in [1.165, 1.54) is 33.2 Å². The highest BCUT2D eigenvalue weighted by molar-refractivity contribution is 6.02. The summed E-state index contributed by atoms with van der Waals surface area (Å²) in [6, 6.07) is 32.1. The van der Waals surface area contributed by atoms with Crippen LogP contribution in [0.4, 0.5) is 0 Å². The average Bonchev–Trinajstić information content (AvgIpc) is 3.40. The molecule has 0 radical (unpaired) electrons. The number of hydrogen-bond acceptors (Lipinski definition) is 2.